The van der Waals surface area contributed by atoms with E-state index in [1.165, 1.54) is 29.6 Å². The summed E-state index contributed by atoms with van der Waals surface area (Å²) in [5.74, 6) is -0.505. The Labute approximate surface area is 125 Å². The van der Waals surface area contributed by atoms with Crippen molar-refractivity contribution in [2.24, 2.45) is 14.1 Å². The molecule has 2 aromatic rings. The van der Waals surface area contributed by atoms with Gasteiger partial charge in [-0.3, -0.25) is 18.7 Å². The lowest BCUT2D eigenvalue weighted by atomic mass is 10.5. The highest BCUT2D eigenvalue weighted by Crippen LogP contribution is 2.05. The van der Waals surface area contributed by atoms with Crippen molar-refractivity contribution >= 4 is 17.1 Å². The smallest absolute Gasteiger partial charge is 0.332 e. The van der Waals surface area contributed by atoms with Crippen molar-refractivity contribution in [2.75, 3.05) is 19.8 Å². The zero-order chi connectivity index (χ0) is 16.3. The highest BCUT2D eigenvalue weighted by atomic mass is 16.6. The molecule has 2 heterocycles. The second-order valence-corrected chi connectivity index (χ2v) is 4.67. The first-order chi connectivity index (χ1) is 10.5. The summed E-state index contributed by atoms with van der Waals surface area (Å²) in [4.78, 5) is 39.8. The fourth-order valence-electron chi connectivity index (χ4n) is 2.06. The van der Waals surface area contributed by atoms with Crippen molar-refractivity contribution in [3.63, 3.8) is 0 Å². The van der Waals surface area contributed by atoms with Gasteiger partial charge in [0.05, 0.1) is 12.9 Å². The van der Waals surface area contributed by atoms with Crippen LogP contribution < -0.4 is 11.2 Å². The van der Waals surface area contributed by atoms with E-state index in [0.717, 1.165) is 4.57 Å². The molecule has 0 radical (unpaired) electrons. The first-order valence-electron chi connectivity index (χ1n) is 6.81. The molecule has 0 N–H and O–H groups in total. The SMILES string of the molecule is CCOCCOC(=O)Cn1cnc2c1c(=O)n(C)c(=O)n2C. The van der Waals surface area contributed by atoms with Crippen molar-refractivity contribution < 1.29 is 14.3 Å². The van der Waals surface area contributed by atoms with Crippen LogP contribution >= 0.6 is 0 Å². The maximum atomic E-state index is 12.2. The first kappa shape index (κ1) is 16.0. The molecule has 9 nitrogen and oxygen atoms in total. The van der Waals surface area contributed by atoms with Gasteiger partial charge in [0.15, 0.2) is 11.2 Å². The minimum Gasteiger partial charge on any atom is -0.462 e. The van der Waals surface area contributed by atoms with Crippen LogP contribution in [-0.4, -0.2) is 44.5 Å². The molecule has 0 aliphatic carbocycles. The summed E-state index contributed by atoms with van der Waals surface area (Å²) in [5.41, 5.74) is -0.554. The number of nitrogens with zero attached hydrogens (tertiary/aromatic N) is 4. The van der Waals surface area contributed by atoms with Crippen LogP contribution in [0.5, 0.6) is 0 Å². The Morgan fingerprint density at radius 1 is 1.23 bits per heavy atom. The number of hydrogen-bond acceptors (Lipinski definition) is 6. The summed E-state index contributed by atoms with van der Waals surface area (Å²) in [6.07, 6.45) is 1.34. The molecule has 0 aliphatic rings. The largest absolute Gasteiger partial charge is 0.462 e. The minimum atomic E-state index is -0.505. The van der Waals surface area contributed by atoms with E-state index in [-0.39, 0.29) is 24.3 Å². The van der Waals surface area contributed by atoms with E-state index in [1.54, 1.807) is 0 Å². The molecule has 120 valence electrons. The summed E-state index contributed by atoms with van der Waals surface area (Å²) in [7, 11) is 2.89. The topological polar surface area (TPSA) is 97.3 Å². The molecule has 0 aliphatic heterocycles. The third-order valence-corrected chi connectivity index (χ3v) is 3.21. The predicted octanol–water partition coefficient (Wildman–Crippen LogP) is -0.987. The Bertz CT molecular complexity index is 801. The van der Waals surface area contributed by atoms with Crippen LogP contribution in [-0.2, 0) is 34.9 Å². The van der Waals surface area contributed by atoms with E-state index in [4.69, 9.17) is 9.47 Å². The number of esters is 1. The van der Waals surface area contributed by atoms with Gasteiger partial charge in [0.2, 0.25) is 0 Å². The van der Waals surface area contributed by atoms with E-state index in [1.807, 2.05) is 6.92 Å². The third-order valence-electron chi connectivity index (χ3n) is 3.21. The molecule has 0 fully saturated rings. The third kappa shape index (κ3) is 2.93. The van der Waals surface area contributed by atoms with Gasteiger partial charge in [0, 0.05) is 20.7 Å². The van der Waals surface area contributed by atoms with Gasteiger partial charge in [0.1, 0.15) is 13.2 Å². The molecular weight excluding hydrogens is 292 g/mol. The molecule has 0 aromatic carbocycles. The Kier molecular flexibility index (Phi) is 4.76. The molecule has 0 spiro atoms. The van der Waals surface area contributed by atoms with Crippen molar-refractivity contribution in [3.8, 4) is 0 Å². The minimum absolute atomic E-state index is 0.149. The monoisotopic (exact) mass is 310 g/mol. The van der Waals surface area contributed by atoms with Crippen molar-refractivity contribution in [3.05, 3.63) is 27.2 Å². The molecule has 2 aromatic heterocycles. The van der Waals surface area contributed by atoms with Gasteiger partial charge in [-0.2, -0.15) is 0 Å². The molecular formula is C13H18N4O5. The van der Waals surface area contributed by atoms with E-state index < -0.39 is 17.2 Å². The highest BCUT2D eigenvalue weighted by molar-refractivity contribution is 5.75. The molecule has 22 heavy (non-hydrogen) atoms. The normalized spacial score (nSPS) is 11.0. The van der Waals surface area contributed by atoms with Crippen LogP contribution in [0.25, 0.3) is 11.2 Å². The number of carbonyl (C=O) groups excluding carboxylic acids is 1. The number of carbonyl (C=O) groups is 1. The van der Waals surface area contributed by atoms with Gasteiger partial charge in [-0.15, -0.1) is 0 Å². The van der Waals surface area contributed by atoms with Crippen molar-refractivity contribution in [1.82, 2.24) is 18.7 Å². The zero-order valence-electron chi connectivity index (χ0n) is 12.7. The van der Waals surface area contributed by atoms with Crippen LogP contribution in [0.15, 0.2) is 15.9 Å². The van der Waals surface area contributed by atoms with Crippen molar-refractivity contribution in [1.29, 1.82) is 0 Å². The number of fused-ring (bicyclic) bond motifs is 1. The lowest BCUT2D eigenvalue weighted by molar-refractivity contribution is -0.145. The van der Waals surface area contributed by atoms with Gasteiger partial charge in [-0.1, -0.05) is 0 Å². The van der Waals surface area contributed by atoms with Gasteiger partial charge < -0.3 is 14.0 Å². The molecule has 0 bridgehead atoms. The highest BCUT2D eigenvalue weighted by Gasteiger charge is 2.16. The molecule has 0 atom stereocenters. The van der Waals surface area contributed by atoms with Gasteiger partial charge >= 0.3 is 11.7 Å². The van der Waals surface area contributed by atoms with E-state index in [9.17, 15) is 14.4 Å². The number of hydrogen-bond donors (Lipinski definition) is 0. The molecule has 0 saturated carbocycles. The van der Waals surface area contributed by atoms with Crippen LogP contribution in [0, 0.1) is 0 Å². The van der Waals surface area contributed by atoms with E-state index in [0.29, 0.717) is 13.2 Å². The average Bonchev–Trinajstić information content (AvgIpc) is 2.91. The molecule has 9 heteroatoms. The second kappa shape index (κ2) is 6.56. The molecule has 2 rings (SSSR count). The number of imidazole rings is 1. The van der Waals surface area contributed by atoms with Gasteiger partial charge in [-0.25, -0.2) is 9.78 Å². The summed E-state index contributed by atoms with van der Waals surface area (Å²) >= 11 is 0. The fourth-order valence-corrected chi connectivity index (χ4v) is 2.06. The Balaban J connectivity index is 2.25. The Hall–Kier alpha value is -2.42. The predicted molar refractivity (Wildman–Crippen MR) is 77.7 cm³/mol. The molecule has 0 unspecified atom stereocenters. The average molecular weight is 310 g/mol. The number of ether oxygens (including phenoxy) is 2. The summed E-state index contributed by atoms with van der Waals surface area (Å²) in [6.45, 7) is 2.71. The maximum absolute atomic E-state index is 12.2. The van der Waals surface area contributed by atoms with Crippen LogP contribution in [0.2, 0.25) is 0 Å². The molecule has 0 amide bonds. The zero-order valence-corrected chi connectivity index (χ0v) is 12.7. The standard InChI is InChI=1S/C13H18N4O5/c1-4-21-5-6-22-9(18)7-17-8-14-11-10(17)12(19)16(3)13(20)15(11)2/h8H,4-7H2,1-3H3. The molecule has 0 saturated heterocycles. The lowest BCUT2D eigenvalue weighted by Crippen LogP contribution is -2.37. The van der Waals surface area contributed by atoms with Crippen LogP contribution in [0.4, 0.5) is 0 Å². The van der Waals surface area contributed by atoms with Gasteiger partial charge in [0.25, 0.3) is 5.56 Å². The number of rotatable bonds is 6. The van der Waals surface area contributed by atoms with Gasteiger partial charge in [-0.05, 0) is 6.92 Å². The maximum Gasteiger partial charge on any atom is 0.332 e. The van der Waals surface area contributed by atoms with Crippen LogP contribution in [0.1, 0.15) is 6.92 Å². The first-order valence-corrected chi connectivity index (χ1v) is 6.81. The quantitative estimate of drug-likeness (QED) is 0.502. The number of aromatic nitrogens is 4. The second-order valence-electron chi connectivity index (χ2n) is 4.67. The van der Waals surface area contributed by atoms with Crippen LogP contribution in [0.3, 0.4) is 0 Å². The summed E-state index contributed by atoms with van der Waals surface area (Å²) in [5, 5.41) is 0. The summed E-state index contributed by atoms with van der Waals surface area (Å²) in [6, 6.07) is 0. The lowest BCUT2D eigenvalue weighted by Gasteiger charge is -2.07. The Morgan fingerprint density at radius 3 is 2.64 bits per heavy atom. The fraction of sp³-hybridized carbons (Fsp3) is 0.538. The van der Waals surface area contributed by atoms with E-state index >= 15 is 0 Å². The summed E-state index contributed by atoms with van der Waals surface area (Å²) < 4.78 is 13.7. The van der Waals surface area contributed by atoms with Crippen molar-refractivity contribution in [2.45, 2.75) is 13.5 Å². The van der Waals surface area contributed by atoms with E-state index in [2.05, 4.69) is 4.98 Å². The Morgan fingerprint density at radius 2 is 1.95 bits per heavy atom. The number of aryl methyl sites for hydroxylation is 1.